The Labute approximate surface area is 158 Å². The molecule has 0 saturated carbocycles. The van der Waals surface area contributed by atoms with Crippen molar-refractivity contribution in [2.45, 2.75) is 38.8 Å². The number of nitrogens with one attached hydrogen (secondary N) is 1. The molecule has 27 heavy (non-hydrogen) atoms. The minimum Gasteiger partial charge on any atom is -0.488 e. The average Bonchev–Trinajstić information content (AvgIpc) is 2.97. The van der Waals surface area contributed by atoms with Crippen LogP contribution in [0.4, 0.5) is 0 Å². The van der Waals surface area contributed by atoms with Crippen molar-refractivity contribution in [3.05, 3.63) is 58.4 Å². The maximum atomic E-state index is 13.0. The molecule has 1 fully saturated rings. The van der Waals surface area contributed by atoms with Crippen molar-refractivity contribution < 1.29 is 14.3 Å². The molecule has 1 N–H and O–H groups in total. The summed E-state index contributed by atoms with van der Waals surface area (Å²) in [7, 11) is 1.58. The zero-order valence-electron chi connectivity index (χ0n) is 15.8. The lowest BCUT2D eigenvalue weighted by Crippen LogP contribution is -2.33. The van der Waals surface area contributed by atoms with Crippen LogP contribution in [-0.2, 0) is 6.42 Å². The van der Waals surface area contributed by atoms with E-state index in [0.29, 0.717) is 30.0 Å². The number of fused-ring (bicyclic) bond motifs is 3. The van der Waals surface area contributed by atoms with Gasteiger partial charge >= 0.3 is 0 Å². The maximum Gasteiger partial charge on any atom is 0.269 e. The number of nitrogens with zero attached hydrogens (tertiary/aromatic N) is 2. The molecule has 2 amide bonds. The smallest absolute Gasteiger partial charge is 0.269 e. The van der Waals surface area contributed by atoms with Gasteiger partial charge in [0.05, 0.1) is 12.1 Å². The molecule has 4 rings (SSSR count). The fourth-order valence-electron chi connectivity index (χ4n) is 3.88. The topological polar surface area (TPSA) is 71.5 Å². The molecule has 2 bridgehead atoms. The SMILES string of the molecule is CNC(=O)c1ccc(Cc2cc3c(cc2C)O[C@H]2C[C@H](C)N(C2)C3=O)cn1. The Kier molecular flexibility index (Phi) is 4.34. The van der Waals surface area contributed by atoms with Crippen molar-refractivity contribution in [3.63, 3.8) is 0 Å². The van der Waals surface area contributed by atoms with Crippen LogP contribution in [0, 0.1) is 6.92 Å². The molecule has 2 atom stereocenters. The molecule has 0 aliphatic carbocycles. The number of rotatable bonds is 3. The first-order chi connectivity index (χ1) is 13.0. The standard InChI is InChI=1S/C21H23N3O3/c1-12-6-19-17(21(26)24-11-16(27-19)7-13(24)2)9-15(12)8-14-4-5-18(23-10-14)20(25)22-3/h4-6,9-10,13,16H,7-8,11H2,1-3H3,(H,22,25)/t13-,16-/m0/s1. The van der Waals surface area contributed by atoms with Crippen LogP contribution in [0.15, 0.2) is 30.5 Å². The van der Waals surface area contributed by atoms with Gasteiger partial charge in [0.2, 0.25) is 0 Å². The van der Waals surface area contributed by atoms with Gasteiger partial charge in [-0.25, -0.2) is 0 Å². The maximum absolute atomic E-state index is 13.0. The normalized spacial score (nSPS) is 20.7. The van der Waals surface area contributed by atoms with Crippen LogP contribution in [0.25, 0.3) is 0 Å². The lowest BCUT2D eigenvalue weighted by atomic mass is 9.97. The van der Waals surface area contributed by atoms with Crippen LogP contribution in [0.2, 0.25) is 0 Å². The number of hydrogen-bond acceptors (Lipinski definition) is 4. The zero-order valence-corrected chi connectivity index (χ0v) is 15.8. The van der Waals surface area contributed by atoms with E-state index in [1.165, 1.54) is 0 Å². The van der Waals surface area contributed by atoms with Gasteiger partial charge < -0.3 is 15.0 Å². The molecule has 6 nitrogen and oxygen atoms in total. The molecule has 1 aromatic heterocycles. The van der Waals surface area contributed by atoms with E-state index in [-0.39, 0.29) is 24.0 Å². The van der Waals surface area contributed by atoms with Gasteiger partial charge in [-0.15, -0.1) is 0 Å². The highest BCUT2D eigenvalue weighted by Crippen LogP contribution is 2.34. The number of carbonyl (C=O) groups excluding carboxylic acids is 2. The molecule has 2 aliphatic rings. The monoisotopic (exact) mass is 365 g/mol. The number of benzene rings is 1. The third kappa shape index (κ3) is 3.16. The second-order valence-electron chi connectivity index (χ2n) is 7.36. The van der Waals surface area contributed by atoms with Crippen molar-refractivity contribution in [2.75, 3.05) is 13.6 Å². The summed E-state index contributed by atoms with van der Waals surface area (Å²) in [6, 6.07) is 7.75. The number of carbonyl (C=O) groups is 2. The van der Waals surface area contributed by atoms with Crippen molar-refractivity contribution in [3.8, 4) is 5.75 Å². The highest BCUT2D eigenvalue weighted by atomic mass is 16.5. The van der Waals surface area contributed by atoms with E-state index in [1.807, 2.05) is 30.0 Å². The molecule has 1 saturated heterocycles. The van der Waals surface area contributed by atoms with E-state index < -0.39 is 0 Å². The Morgan fingerprint density at radius 2 is 2.19 bits per heavy atom. The zero-order chi connectivity index (χ0) is 19.1. The van der Waals surface area contributed by atoms with Gasteiger partial charge in [-0.2, -0.15) is 0 Å². The Morgan fingerprint density at radius 3 is 2.89 bits per heavy atom. The molecule has 0 radical (unpaired) electrons. The van der Waals surface area contributed by atoms with Crippen molar-refractivity contribution >= 4 is 11.8 Å². The summed E-state index contributed by atoms with van der Waals surface area (Å²) in [6.07, 6.45) is 3.32. The van der Waals surface area contributed by atoms with E-state index in [2.05, 4.69) is 17.2 Å². The van der Waals surface area contributed by atoms with Gasteiger partial charge in [-0.3, -0.25) is 14.6 Å². The molecule has 6 heteroatoms. The number of amides is 2. The summed E-state index contributed by atoms with van der Waals surface area (Å²) < 4.78 is 6.11. The minimum atomic E-state index is -0.205. The summed E-state index contributed by atoms with van der Waals surface area (Å²) >= 11 is 0. The highest BCUT2D eigenvalue weighted by molar-refractivity contribution is 5.98. The summed E-state index contributed by atoms with van der Waals surface area (Å²) in [5.41, 5.74) is 4.16. The summed E-state index contributed by atoms with van der Waals surface area (Å²) in [4.78, 5) is 30.7. The highest BCUT2D eigenvalue weighted by Gasteiger charge is 2.38. The second-order valence-corrected chi connectivity index (χ2v) is 7.36. The molecular weight excluding hydrogens is 342 g/mol. The van der Waals surface area contributed by atoms with E-state index in [1.54, 1.807) is 19.3 Å². The van der Waals surface area contributed by atoms with Gasteiger partial charge in [0, 0.05) is 25.7 Å². The molecule has 1 aromatic carbocycles. The molecule has 140 valence electrons. The molecule has 2 aliphatic heterocycles. The summed E-state index contributed by atoms with van der Waals surface area (Å²) in [5.74, 6) is 0.532. The number of pyridine rings is 1. The van der Waals surface area contributed by atoms with E-state index in [4.69, 9.17) is 4.74 Å². The van der Waals surface area contributed by atoms with E-state index >= 15 is 0 Å². The van der Waals surface area contributed by atoms with Crippen molar-refractivity contribution in [1.82, 2.24) is 15.2 Å². The van der Waals surface area contributed by atoms with Crippen LogP contribution in [0.5, 0.6) is 5.75 Å². The predicted octanol–water partition coefficient (Wildman–Crippen LogP) is 2.34. The Morgan fingerprint density at radius 1 is 1.37 bits per heavy atom. The number of aryl methyl sites for hydroxylation is 1. The first kappa shape index (κ1) is 17.5. The molecule has 3 heterocycles. The quantitative estimate of drug-likeness (QED) is 0.906. The van der Waals surface area contributed by atoms with E-state index in [0.717, 1.165) is 23.1 Å². The van der Waals surface area contributed by atoms with Crippen LogP contribution in [0.1, 0.15) is 50.9 Å². The van der Waals surface area contributed by atoms with Gasteiger partial charge in [-0.05, 0) is 55.2 Å². The Bertz CT molecular complexity index is 908. The van der Waals surface area contributed by atoms with E-state index in [9.17, 15) is 9.59 Å². The van der Waals surface area contributed by atoms with Gasteiger partial charge in [0.15, 0.2) is 0 Å². The predicted molar refractivity (Wildman–Crippen MR) is 101 cm³/mol. The molecular formula is C21H23N3O3. The third-order valence-corrected chi connectivity index (χ3v) is 5.44. The number of aromatic nitrogens is 1. The van der Waals surface area contributed by atoms with Crippen molar-refractivity contribution in [1.29, 1.82) is 0 Å². The third-order valence-electron chi connectivity index (χ3n) is 5.44. The van der Waals surface area contributed by atoms with Gasteiger partial charge in [-0.1, -0.05) is 6.07 Å². The molecule has 0 unspecified atom stereocenters. The average molecular weight is 365 g/mol. The van der Waals surface area contributed by atoms with Gasteiger partial charge in [0.25, 0.3) is 11.8 Å². The van der Waals surface area contributed by atoms with Crippen molar-refractivity contribution in [2.24, 2.45) is 0 Å². The van der Waals surface area contributed by atoms with Crippen LogP contribution < -0.4 is 10.1 Å². The fraction of sp³-hybridized carbons (Fsp3) is 0.381. The van der Waals surface area contributed by atoms with Crippen LogP contribution in [-0.4, -0.2) is 47.4 Å². The second kappa shape index (κ2) is 6.68. The summed E-state index contributed by atoms with van der Waals surface area (Å²) in [5, 5.41) is 2.56. The minimum absolute atomic E-state index is 0.0480. The number of hydrogen-bond donors (Lipinski definition) is 1. The largest absolute Gasteiger partial charge is 0.488 e. The molecule has 0 spiro atoms. The van der Waals surface area contributed by atoms with Gasteiger partial charge in [0.1, 0.15) is 17.5 Å². The lowest BCUT2D eigenvalue weighted by Gasteiger charge is -2.22. The number of ether oxygens (including phenoxy) is 1. The first-order valence-electron chi connectivity index (χ1n) is 9.24. The summed E-state index contributed by atoms with van der Waals surface area (Å²) in [6.45, 7) is 4.76. The lowest BCUT2D eigenvalue weighted by molar-refractivity contribution is 0.0748. The van der Waals surface area contributed by atoms with Crippen LogP contribution in [0.3, 0.4) is 0 Å². The fourth-order valence-corrected chi connectivity index (χ4v) is 3.88. The first-order valence-corrected chi connectivity index (χ1v) is 9.24. The molecule has 2 aromatic rings. The van der Waals surface area contributed by atoms with Crippen LogP contribution >= 0.6 is 0 Å². The Balaban J connectivity index is 1.63. The Hall–Kier alpha value is -2.89.